The van der Waals surface area contributed by atoms with Crippen LogP contribution < -0.4 is 14.2 Å². The van der Waals surface area contributed by atoms with Gasteiger partial charge in [0.15, 0.2) is 17.3 Å². The van der Waals surface area contributed by atoms with Crippen molar-refractivity contribution in [2.75, 3.05) is 28.4 Å². The monoisotopic (exact) mass is 344 g/mol. The second-order valence-electron chi connectivity index (χ2n) is 4.81. The number of carbonyl (C=O) groups excluding carboxylic acids is 1. The number of ether oxygens (including phenoxy) is 5. The van der Waals surface area contributed by atoms with Crippen LogP contribution in [0, 0.1) is 0 Å². The molecule has 0 bridgehead atoms. The van der Waals surface area contributed by atoms with Crippen molar-refractivity contribution in [1.29, 1.82) is 0 Å². The summed E-state index contributed by atoms with van der Waals surface area (Å²) in [5.41, 5.74) is 0.691. The molecule has 0 spiro atoms. The first-order valence-electron chi connectivity index (χ1n) is 7.47. The smallest absolute Gasteiger partial charge is 0.383 e. The van der Waals surface area contributed by atoms with E-state index in [0.29, 0.717) is 17.1 Å². The Kier molecular flexibility index (Phi) is 6.28. The molecule has 0 aliphatic rings. The van der Waals surface area contributed by atoms with Crippen LogP contribution in [-0.4, -0.2) is 34.4 Å². The first-order valence-corrected chi connectivity index (χ1v) is 7.47. The van der Waals surface area contributed by atoms with Crippen LogP contribution in [0.15, 0.2) is 54.3 Å². The molecule has 132 valence electrons. The van der Waals surface area contributed by atoms with E-state index in [2.05, 4.69) is 0 Å². The van der Waals surface area contributed by atoms with Crippen molar-refractivity contribution < 1.29 is 28.5 Å². The highest BCUT2D eigenvalue weighted by Crippen LogP contribution is 2.37. The predicted octanol–water partition coefficient (Wildman–Crippen LogP) is 3.27. The lowest BCUT2D eigenvalue weighted by Gasteiger charge is -2.15. The largest absolute Gasteiger partial charge is 0.493 e. The van der Waals surface area contributed by atoms with Crippen LogP contribution in [0.25, 0.3) is 5.76 Å². The fraction of sp³-hybridized carbons (Fsp3) is 0.211. The van der Waals surface area contributed by atoms with E-state index in [0.717, 1.165) is 0 Å². The molecule has 0 radical (unpaired) electrons. The van der Waals surface area contributed by atoms with Crippen molar-refractivity contribution in [2.24, 2.45) is 0 Å². The highest BCUT2D eigenvalue weighted by atomic mass is 16.6. The molecule has 0 fully saturated rings. The molecule has 2 rings (SSSR count). The molecular weight excluding hydrogens is 324 g/mol. The van der Waals surface area contributed by atoms with E-state index in [1.165, 1.54) is 28.4 Å². The van der Waals surface area contributed by atoms with Gasteiger partial charge >= 0.3 is 5.97 Å². The quantitative estimate of drug-likeness (QED) is 0.332. The molecule has 0 aliphatic heterocycles. The van der Waals surface area contributed by atoms with Crippen molar-refractivity contribution in [3.8, 4) is 17.2 Å². The van der Waals surface area contributed by atoms with E-state index < -0.39 is 5.97 Å². The van der Waals surface area contributed by atoms with Gasteiger partial charge in [0, 0.05) is 5.56 Å². The fourth-order valence-corrected chi connectivity index (χ4v) is 2.28. The Hall–Kier alpha value is -3.15. The van der Waals surface area contributed by atoms with Crippen molar-refractivity contribution in [3.63, 3.8) is 0 Å². The summed E-state index contributed by atoms with van der Waals surface area (Å²) in [5, 5.41) is 0. The number of rotatable bonds is 7. The van der Waals surface area contributed by atoms with Crippen LogP contribution in [0.3, 0.4) is 0 Å². The zero-order chi connectivity index (χ0) is 18.2. The number of methoxy groups -OCH3 is 4. The molecular formula is C19H20O6. The second kappa shape index (κ2) is 8.63. The lowest BCUT2D eigenvalue weighted by molar-refractivity contribution is -0.133. The number of esters is 1. The van der Waals surface area contributed by atoms with Crippen LogP contribution in [0.5, 0.6) is 17.2 Å². The third-order valence-electron chi connectivity index (χ3n) is 3.41. The summed E-state index contributed by atoms with van der Waals surface area (Å²) in [7, 11) is 5.80. The van der Waals surface area contributed by atoms with Crippen molar-refractivity contribution in [1.82, 2.24) is 0 Å². The second-order valence-corrected chi connectivity index (χ2v) is 4.81. The molecule has 0 atom stereocenters. The van der Waals surface area contributed by atoms with Gasteiger partial charge in [-0.05, 0) is 12.1 Å². The van der Waals surface area contributed by atoms with Crippen LogP contribution >= 0.6 is 0 Å². The minimum atomic E-state index is -0.713. The van der Waals surface area contributed by atoms with Gasteiger partial charge < -0.3 is 23.7 Å². The Labute approximate surface area is 146 Å². The number of carbonyl (C=O) groups is 1. The molecule has 6 nitrogen and oxygen atoms in total. The minimum Gasteiger partial charge on any atom is -0.493 e. The van der Waals surface area contributed by atoms with Crippen LogP contribution in [0.1, 0.15) is 5.56 Å². The van der Waals surface area contributed by atoms with E-state index in [-0.39, 0.29) is 17.3 Å². The van der Waals surface area contributed by atoms with Gasteiger partial charge in [0.1, 0.15) is 0 Å². The molecule has 0 unspecified atom stereocenters. The van der Waals surface area contributed by atoms with Gasteiger partial charge in [-0.1, -0.05) is 36.4 Å². The van der Waals surface area contributed by atoms with Gasteiger partial charge in [0.05, 0.1) is 28.4 Å². The first-order chi connectivity index (χ1) is 12.2. The van der Waals surface area contributed by atoms with Gasteiger partial charge in [-0.3, -0.25) is 0 Å². The summed E-state index contributed by atoms with van der Waals surface area (Å²) in [6.45, 7) is 0. The molecule has 2 aromatic carbocycles. The molecule has 0 amide bonds. The van der Waals surface area contributed by atoms with Gasteiger partial charge in [-0.15, -0.1) is 0 Å². The molecule has 2 aromatic rings. The summed E-state index contributed by atoms with van der Waals surface area (Å²) in [4.78, 5) is 12.6. The summed E-state index contributed by atoms with van der Waals surface area (Å²) in [6.07, 6.45) is 0. The van der Waals surface area contributed by atoms with E-state index >= 15 is 0 Å². The van der Waals surface area contributed by atoms with Crippen LogP contribution in [0.4, 0.5) is 0 Å². The lowest BCUT2D eigenvalue weighted by atomic mass is 10.1. The number of benzene rings is 2. The highest BCUT2D eigenvalue weighted by molar-refractivity contribution is 5.95. The standard InChI is InChI=1S/C19H20O6/c1-21-14-11-8-12-15(17(14)23-3)25-19(20)18(24-4)16(22-2)13-9-6-5-7-10-13/h5-12H,1-4H3. The number of hydrogen-bond donors (Lipinski definition) is 0. The highest BCUT2D eigenvalue weighted by Gasteiger charge is 2.23. The Morgan fingerprint density at radius 2 is 1.44 bits per heavy atom. The SMILES string of the molecule is COC(C(=O)Oc1cccc(OC)c1OC)=C(OC)c1ccccc1. The summed E-state index contributed by atoms with van der Waals surface area (Å²) in [6, 6.07) is 14.1. The maximum absolute atomic E-state index is 12.6. The molecule has 6 heteroatoms. The van der Waals surface area contributed by atoms with Gasteiger partial charge in [0.2, 0.25) is 11.5 Å². The van der Waals surface area contributed by atoms with E-state index in [9.17, 15) is 4.79 Å². The topological polar surface area (TPSA) is 63.2 Å². The third kappa shape index (κ3) is 4.03. The van der Waals surface area contributed by atoms with Gasteiger partial charge in [0.25, 0.3) is 0 Å². The zero-order valence-corrected chi connectivity index (χ0v) is 14.6. The Morgan fingerprint density at radius 3 is 2.00 bits per heavy atom. The van der Waals surface area contributed by atoms with Crippen molar-refractivity contribution in [2.45, 2.75) is 0 Å². The Morgan fingerprint density at radius 1 is 0.760 bits per heavy atom. The average molecular weight is 344 g/mol. The predicted molar refractivity (Wildman–Crippen MR) is 92.6 cm³/mol. The van der Waals surface area contributed by atoms with Crippen molar-refractivity contribution in [3.05, 3.63) is 59.9 Å². The summed E-state index contributed by atoms with van der Waals surface area (Å²) < 4.78 is 26.5. The maximum Gasteiger partial charge on any atom is 0.383 e. The molecule has 0 saturated heterocycles. The number of hydrogen-bond acceptors (Lipinski definition) is 6. The summed E-state index contributed by atoms with van der Waals surface area (Å²) >= 11 is 0. The van der Waals surface area contributed by atoms with Gasteiger partial charge in [-0.2, -0.15) is 0 Å². The van der Waals surface area contributed by atoms with E-state index in [1.54, 1.807) is 30.3 Å². The van der Waals surface area contributed by atoms with Crippen LogP contribution in [-0.2, 0) is 14.3 Å². The molecule has 0 aromatic heterocycles. The molecule has 0 aliphatic carbocycles. The third-order valence-corrected chi connectivity index (χ3v) is 3.41. The molecule has 0 heterocycles. The first kappa shape index (κ1) is 18.2. The maximum atomic E-state index is 12.6. The molecule has 0 saturated carbocycles. The molecule has 25 heavy (non-hydrogen) atoms. The summed E-state index contributed by atoms with van der Waals surface area (Å²) in [5.74, 6) is 0.478. The fourth-order valence-electron chi connectivity index (χ4n) is 2.28. The Bertz CT molecular complexity index is 752. The normalized spacial score (nSPS) is 11.2. The zero-order valence-electron chi connectivity index (χ0n) is 14.6. The average Bonchev–Trinajstić information content (AvgIpc) is 2.66. The van der Waals surface area contributed by atoms with Gasteiger partial charge in [-0.25, -0.2) is 4.79 Å². The number of para-hydroxylation sites is 1. The minimum absolute atomic E-state index is 0.0569. The van der Waals surface area contributed by atoms with E-state index in [1.807, 2.05) is 18.2 Å². The van der Waals surface area contributed by atoms with Crippen LogP contribution in [0.2, 0.25) is 0 Å². The van der Waals surface area contributed by atoms with Crippen molar-refractivity contribution >= 4 is 11.7 Å². The van der Waals surface area contributed by atoms with E-state index in [4.69, 9.17) is 23.7 Å². The Balaban J connectivity index is 2.40. The lowest BCUT2D eigenvalue weighted by Crippen LogP contribution is -2.16. The molecule has 0 N–H and O–H groups in total.